The third-order valence-corrected chi connectivity index (χ3v) is 3.36. The van der Waals surface area contributed by atoms with E-state index in [9.17, 15) is 4.79 Å². The molecule has 0 aromatic rings. The Morgan fingerprint density at radius 1 is 1.75 bits per heavy atom. The second kappa shape index (κ2) is 4.52. The molecule has 0 fully saturated rings. The summed E-state index contributed by atoms with van der Waals surface area (Å²) in [5.41, 5.74) is 0.973. The molecule has 0 bridgehead atoms. The predicted molar refractivity (Wildman–Crippen MR) is 46.3 cm³/mol. The minimum atomic E-state index is -0.199. The van der Waals surface area contributed by atoms with E-state index in [0.717, 1.165) is 12.0 Å². The molecule has 1 aliphatic rings. The normalized spacial score (nSPS) is 14.9. The summed E-state index contributed by atoms with van der Waals surface area (Å²) in [5, 5.41) is 0. The molecule has 0 N–H and O–H groups in total. The van der Waals surface area contributed by atoms with Gasteiger partial charge in [0.25, 0.3) is 0 Å². The van der Waals surface area contributed by atoms with Crippen molar-refractivity contribution in [3.8, 4) is 0 Å². The van der Waals surface area contributed by atoms with Gasteiger partial charge in [-0.1, -0.05) is 0 Å². The fraction of sp³-hybridized carbons (Fsp3) is 0.300. The monoisotopic (exact) mass is 250 g/mol. The zero-order valence-electron chi connectivity index (χ0n) is 7.12. The molecule has 0 amide bonds. The van der Waals surface area contributed by atoms with Gasteiger partial charge in [0.05, 0.1) is 0 Å². The van der Waals surface area contributed by atoms with Gasteiger partial charge in [0.1, 0.15) is 0 Å². The van der Waals surface area contributed by atoms with Crippen molar-refractivity contribution in [2.75, 3.05) is 0 Å². The summed E-state index contributed by atoms with van der Waals surface area (Å²) < 4.78 is 1.68. The Labute approximate surface area is 80.8 Å². The van der Waals surface area contributed by atoms with E-state index < -0.39 is 0 Å². The topological polar surface area (TPSA) is 17.1 Å². The van der Waals surface area contributed by atoms with Gasteiger partial charge in [-0.2, -0.15) is 0 Å². The van der Waals surface area contributed by atoms with Gasteiger partial charge in [0, 0.05) is 0 Å². The number of allylic oxidation sites excluding steroid dienone is 5. The summed E-state index contributed by atoms with van der Waals surface area (Å²) in [4.78, 5) is 11.3. The fourth-order valence-corrected chi connectivity index (χ4v) is 2.86. The standard InChI is InChI=1S/C5H7O.C5H5.Ru/c1-5(2)3-4-6;1-2-4-5-3-1;/h1,3H2,2H3;1-3H,4H2;. The molecule has 2 heteroatoms. The molecule has 0 unspecified atom stereocenters. The van der Waals surface area contributed by atoms with Crippen molar-refractivity contribution in [1.82, 2.24) is 0 Å². The van der Waals surface area contributed by atoms with Crippen molar-refractivity contribution >= 4 is 4.38 Å². The van der Waals surface area contributed by atoms with Gasteiger partial charge in [-0.25, -0.2) is 0 Å². The van der Waals surface area contributed by atoms with E-state index in [1.807, 2.05) is 13.0 Å². The van der Waals surface area contributed by atoms with E-state index in [0.29, 0.717) is 10.8 Å². The van der Waals surface area contributed by atoms with Crippen LogP contribution in [0.25, 0.3) is 0 Å². The first-order chi connectivity index (χ1) is 5.68. The maximum absolute atomic E-state index is 11.3. The first-order valence-electron chi connectivity index (χ1n) is 3.84. The van der Waals surface area contributed by atoms with E-state index >= 15 is 0 Å². The summed E-state index contributed by atoms with van der Waals surface area (Å²) in [6, 6.07) is 0. The molecule has 12 heavy (non-hydrogen) atoms. The van der Waals surface area contributed by atoms with Crippen molar-refractivity contribution in [3.05, 3.63) is 34.5 Å². The molecule has 0 saturated carbocycles. The summed E-state index contributed by atoms with van der Waals surface area (Å²) >= 11 is -0.199. The number of rotatable bonds is 4. The molecule has 0 saturated heterocycles. The quantitative estimate of drug-likeness (QED) is 0.552. The zero-order chi connectivity index (χ0) is 8.97. The number of carbonyl (C=O) groups is 1. The van der Waals surface area contributed by atoms with Crippen LogP contribution in [-0.4, -0.2) is 4.38 Å². The molecular formula is C10H12ORu. The second-order valence-corrected chi connectivity index (χ2v) is 5.31. The molecule has 1 aliphatic carbocycles. The van der Waals surface area contributed by atoms with Crippen LogP contribution in [0.3, 0.4) is 0 Å². The molecular weight excluding hydrogens is 237 g/mol. The number of hydrogen-bond donors (Lipinski definition) is 0. The molecule has 0 radical (unpaired) electrons. The molecule has 0 atom stereocenters. The molecule has 1 rings (SSSR count). The summed E-state index contributed by atoms with van der Waals surface area (Å²) in [7, 11) is 0. The van der Waals surface area contributed by atoms with E-state index in [1.54, 1.807) is 0 Å². The Balaban J connectivity index is 2.32. The van der Waals surface area contributed by atoms with Gasteiger partial charge in [-0.15, -0.1) is 0 Å². The summed E-state index contributed by atoms with van der Waals surface area (Å²) in [6.07, 6.45) is 7.74. The summed E-state index contributed by atoms with van der Waals surface area (Å²) in [6.45, 7) is 5.63. The Hall–Kier alpha value is -0.487. The van der Waals surface area contributed by atoms with Crippen molar-refractivity contribution in [3.63, 3.8) is 0 Å². The third kappa shape index (κ3) is 3.27. The Kier molecular flexibility index (Phi) is 3.61. The summed E-state index contributed by atoms with van der Waals surface area (Å²) in [5.74, 6) is 0. The maximum atomic E-state index is 11.3. The van der Waals surface area contributed by atoms with Crippen LogP contribution in [0, 0.1) is 0 Å². The number of hydrogen-bond acceptors (Lipinski definition) is 1. The first kappa shape index (κ1) is 9.60. The van der Waals surface area contributed by atoms with Crippen LogP contribution in [0.15, 0.2) is 34.5 Å². The van der Waals surface area contributed by atoms with Crippen LogP contribution in [0.2, 0.25) is 0 Å². The average Bonchev–Trinajstić information content (AvgIpc) is 2.37. The van der Waals surface area contributed by atoms with Crippen molar-refractivity contribution in [2.24, 2.45) is 0 Å². The van der Waals surface area contributed by atoms with E-state index in [2.05, 4.69) is 18.7 Å². The van der Waals surface area contributed by atoms with Gasteiger partial charge in [0.15, 0.2) is 0 Å². The number of carbonyl (C=O) groups excluding carboxylic acids is 1. The minimum absolute atomic E-state index is 0.199. The molecule has 0 aromatic carbocycles. The SMILES string of the molecule is C=C(C)C[C](=O)[Ru][C]1=CC=CC1. The van der Waals surface area contributed by atoms with Gasteiger partial charge in [0.2, 0.25) is 0 Å². The molecule has 0 aromatic heterocycles. The van der Waals surface area contributed by atoms with Crippen molar-refractivity contribution in [2.45, 2.75) is 19.8 Å². The van der Waals surface area contributed by atoms with Crippen LogP contribution in [0.4, 0.5) is 0 Å². The van der Waals surface area contributed by atoms with Crippen LogP contribution in [-0.2, 0) is 21.9 Å². The molecule has 0 heterocycles. The molecule has 66 valence electrons. The molecule has 0 aliphatic heterocycles. The van der Waals surface area contributed by atoms with Crippen LogP contribution in [0.1, 0.15) is 19.8 Å². The van der Waals surface area contributed by atoms with Crippen LogP contribution in [0.5, 0.6) is 0 Å². The molecule has 0 spiro atoms. The zero-order valence-corrected chi connectivity index (χ0v) is 8.85. The van der Waals surface area contributed by atoms with Crippen LogP contribution >= 0.6 is 0 Å². The third-order valence-electron chi connectivity index (χ3n) is 1.37. The van der Waals surface area contributed by atoms with Crippen molar-refractivity contribution in [1.29, 1.82) is 0 Å². The molecule has 1 nitrogen and oxygen atoms in total. The van der Waals surface area contributed by atoms with E-state index in [1.165, 1.54) is 4.17 Å². The Morgan fingerprint density at radius 2 is 2.50 bits per heavy atom. The van der Waals surface area contributed by atoms with Gasteiger partial charge in [-0.05, 0) is 0 Å². The Morgan fingerprint density at radius 3 is 3.00 bits per heavy atom. The second-order valence-electron chi connectivity index (χ2n) is 2.79. The first-order valence-corrected chi connectivity index (χ1v) is 5.57. The van der Waals surface area contributed by atoms with Gasteiger partial charge < -0.3 is 0 Å². The van der Waals surface area contributed by atoms with Gasteiger partial charge >= 0.3 is 80.6 Å². The van der Waals surface area contributed by atoms with E-state index in [4.69, 9.17) is 0 Å². The van der Waals surface area contributed by atoms with E-state index in [-0.39, 0.29) is 17.1 Å². The van der Waals surface area contributed by atoms with Crippen molar-refractivity contribution < 1.29 is 21.9 Å². The van der Waals surface area contributed by atoms with Crippen LogP contribution < -0.4 is 0 Å². The fourth-order valence-electron chi connectivity index (χ4n) is 0.869. The van der Waals surface area contributed by atoms with Gasteiger partial charge in [-0.3, -0.25) is 0 Å². The predicted octanol–water partition coefficient (Wildman–Crippen LogP) is 2.41. The average molecular weight is 249 g/mol. The Bertz CT molecular complexity index is 261.